The molecule has 0 saturated heterocycles. The van der Waals surface area contributed by atoms with E-state index in [1.54, 1.807) is 0 Å². The third kappa shape index (κ3) is 3.89. The molecule has 13 heteroatoms. The van der Waals surface area contributed by atoms with Gasteiger partial charge < -0.3 is 50.0 Å². The molecule has 7 rings (SSSR count). The van der Waals surface area contributed by atoms with Crippen LogP contribution in [0.1, 0.15) is 46.3 Å². The molecule has 4 aromatic carbocycles. The lowest BCUT2D eigenvalue weighted by molar-refractivity contribution is -0.385. The first-order valence-corrected chi connectivity index (χ1v) is 13.1. The Labute approximate surface area is 241 Å². The molecule has 4 atom stereocenters. The van der Waals surface area contributed by atoms with Gasteiger partial charge in [0.2, 0.25) is 0 Å². The first kappa shape index (κ1) is 26.3. The Kier molecular flexibility index (Phi) is 5.49. The summed E-state index contributed by atoms with van der Waals surface area (Å²) in [6.45, 7) is 0. The fourth-order valence-electron chi connectivity index (χ4n) is 6.13. The highest BCUT2D eigenvalue weighted by Gasteiger charge is 2.53. The van der Waals surface area contributed by atoms with E-state index in [2.05, 4.69) is 0 Å². The van der Waals surface area contributed by atoms with Crippen LogP contribution in [0.3, 0.4) is 0 Å². The van der Waals surface area contributed by atoms with Crippen molar-refractivity contribution in [3.8, 4) is 51.7 Å². The van der Waals surface area contributed by atoms with Crippen molar-refractivity contribution in [1.82, 2.24) is 0 Å². The van der Waals surface area contributed by atoms with Gasteiger partial charge in [0.15, 0.2) is 28.7 Å². The van der Waals surface area contributed by atoms with Gasteiger partial charge in [-0.15, -0.1) is 0 Å². The third-order valence-corrected chi connectivity index (χ3v) is 8.16. The van der Waals surface area contributed by atoms with Crippen LogP contribution < -0.4 is 14.2 Å². The molecule has 2 bridgehead atoms. The summed E-state index contributed by atoms with van der Waals surface area (Å²) in [6, 6.07) is 11.6. The zero-order valence-electron chi connectivity index (χ0n) is 22.0. The summed E-state index contributed by atoms with van der Waals surface area (Å²) in [5, 5.41) is 84.1. The Morgan fingerprint density at radius 2 is 1.53 bits per heavy atom. The molecule has 0 aromatic heterocycles. The van der Waals surface area contributed by atoms with E-state index in [1.807, 2.05) is 0 Å². The number of nitrogens with zero attached hydrogens (tertiary/aromatic N) is 1. The minimum Gasteiger partial charge on any atom is -0.507 e. The molecule has 0 radical (unpaired) electrons. The first-order chi connectivity index (χ1) is 20.5. The number of phenols is 6. The average Bonchev–Trinajstić information content (AvgIpc) is 2.96. The van der Waals surface area contributed by atoms with Gasteiger partial charge in [-0.3, -0.25) is 10.1 Å². The van der Waals surface area contributed by atoms with Crippen LogP contribution in [0.5, 0.6) is 51.7 Å². The van der Waals surface area contributed by atoms with E-state index >= 15 is 0 Å². The minimum atomic E-state index is -1.72. The molecule has 0 fully saturated rings. The predicted molar refractivity (Wildman–Crippen MR) is 145 cm³/mol. The second-order valence-corrected chi connectivity index (χ2v) is 10.7. The third-order valence-electron chi connectivity index (χ3n) is 8.16. The fourth-order valence-corrected chi connectivity index (χ4v) is 6.13. The van der Waals surface area contributed by atoms with E-state index in [1.165, 1.54) is 42.5 Å². The second-order valence-electron chi connectivity index (χ2n) is 10.7. The summed E-state index contributed by atoms with van der Waals surface area (Å²) in [7, 11) is 0. The van der Waals surface area contributed by atoms with Crippen molar-refractivity contribution in [2.45, 2.75) is 36.8 Å². The van der Waals surface area contributed by atoms with Crippen LogP contribution in [0.4, 0.5) is 5.69 Å². The van der Waals surface area contributed by atoms with Crippen LogP contribution in [0.25, 0.3) is 0 Å². The maximum Gasteiger partial charge on any atom is 0.279 e. The number of aromatic hydroxyl groups is 6. The number of hydrogen-bond acceptors (Lipinski definition) is 12. The van der Waals surface area contributed by atoms with E-state index in [4.69, 9.17) is 14.2 Å². The van der Waals surface area contributed by atoms with Crippen molar-refractivity contribution >= 4 is 5.69 Å². The maximum absolute atomic E-state index is 11.7. The normalized spacial score (nSPS) is 23.0. The van der Waals surface area contributed by atoms with Gasteiger partial charge >= 0.3 is 0 Å². The van der Waals surface area contributed by atoms with Gasteiger partial charge in [-0.05, 0) is 35.9 Å². The molecular weight excluding hydrogens is 566 g/mol. The Morgan fingerprint density at radius 3 is 2.23 bits per heavy atom. The van der Waals surface area contributed by atoms with Gasteiger partial charge in [0.1, 0.15) is 29.1 Å². The highest BCUT2D eigenvalue weighted by molar-refractivity contribution is 5.66. The van der Waals surface area contributed by atoms with E-state index < -0.39 is 51.8 Å². The number of fused-ring (bicyclic) bond motifs is 8. The first-order valence-electron chi connectivity index (χ1n) is 13.1. The quantitative estimate of drug-likeness (QED) is 0.103. The number of aliphatic hydroxyl groups is 1. The molecule has 0 saturated carbocycles. The van der Waals surface area contributed by atoms with Gasteiger partial charge in [0, 0.05) is 59.2 Å². The Balaban J connectivity index is 1.44. The standard InChI is InChI=1S/C30H23NO12/c32-18-3-1-12(5-20(18)34)28-23(37)9-16-19(33)10-25-26(29(16)41-28)17-11-30(43-25,13-6-21(35)27(38)22(36)7-13)42-24-4-2-14(31(39)40)8-15(17)24/h1-8,10,17,23,28,32-38H,9,11H2/t17-,23+,28+,30-/m0/s1. The maximum atomic E-state index is 11.7. The summed E-state index contributed by atoms with van der Waals surface area (Å²) in [4.78, 5) is 11.1. The molecule has 0 aliphatic carbocycles. The number of phenolic OH excluding ortho intramolecular Hbond substituents is 6. The Morgan fingerprint density at radius 1 is 0.814 bits per heavy atom. The molecule has 0 spiro atoms. The number of nitro groups is 1. The van der Waals surface area contributed by atoms with E-state index in [0.717, 1.165) is 12.1 Å². The summed E-state index contributed by atoms with van der Waals surface area (Å²) in [5.74, 6) is -5.08. The number of rotatable bonds is 3. The monoisotopic (exact) mass is 589 g/mol. The molecule has 13 nitrogen and oxygen atoms in total. The molecule has 3 aliphatic heterocycles. The van der Waals surface area contributed by atoms with Crippen LogP contribution >= 0.6 is 0 Å². The number of nitro benzene ring substituents is 1. The Hall–Kier alpha value is -5.56. The van der Waals surface area contributed by atoms with Gasteiger partial charge in [0.05, 0.1) is 11.0 Å². The number of aliphatic hydroxyl groups excluding tert-OH is 1. The Bertz CT molecular complexity index is 1830. The molecule has 3 aliphatic rings. The van der Waals surface area contributed by atoms with Crippen molar-refractivity contribution in [2.75, 3.05) is 0 Å². The van der Waals surface area contributed by atoms with Crippen molar-refractivity contribution < 1.29 is 54.9 Å². The number of ether oxygens (including phenoxy) is 3. The summed E-state index contributed by atoms with van der Waals surface area (Å²) in [5.41, 5.74) is 1.33. The average molecular weight is 590 g/mol. The molecule has 0 unspecified atom stereocenters. The molecule has 7 N–H and O–H groups in total. The lowest BCUT2D eigenvalue weighted by Crippen LogP contribution is -2.47. The lowest BCUT2D eigenvalue weighted by Gasteiger charge is -2.47. The van der Waals surface area contributed by atoms with E-state index in [9.17, 15) is 45.9 Å². The van der Waals surface area contributed by atoms with Gasteiger partial charge in [0.25, 0.3) is 11.5 Å². The van der Waals surface area contributed by atoms with E-state index in [0.29, 0.717) is 16.7 Å². The molecule has 220 valence electrons. The van der Waals surface area contributed by atoms with Crippen LogP contribution in [-0.4, -0.2) is 46.8 Å². The second kappa shape index (κ2) is 8.97. The van der Waals surface area contributed by atoms with Crippen molar-refractivity contribution in [1.29, 1.82) is 0 Å². The van der Waals surface area contributed by atoms with Crippen molar-refractivity contribution in [3.05, 3.63) is 92.5 Å². The fraction of sp³-hybridized carbons (Fsp3) is 0.200. The van der Waals surface area contributed by atoms with Crippen LogP contribution in [-0.2, 0) is 12.2 Å². The number of non-ortho nitro benzene ring substituents is 1. The largest absolute Gasteiger partial charge is 0.507 e. The molecule has 3 heterocycles. The van der Waals surface area contributed by atoms with Crippen LogP contribution in [0.15, 0.2) is 54.6 Å². The van der Waals surface area contributed by atoms with Gasteiger partial charge in [-0.2, -0.15) is 0 Å². The summed E-state index contributed by atoms with van der Waals surface area (Å²) < 4.78 is 19.0. The van der Waals surface area contributed by atoms with Crippen LogP contribution in [0, 0.1) is 10.1 Å². The van der Waals surface area contributed by atoms with Crippen molar-refractivity contribution in [2.24, 2.45) is 0 Å². The summed E-state index contributed by atoms with van der Waals surface area (Å²) in [6.07, 6.45) is -2.29. The molecule has 43 heavy (non-hydrogen) atoms. The van der Waals surface area contributed by atoms with Gasteiger partial charge in [-0.25, -0.2) is 0 Å². The number of benzene rings is 4. The van der Waals surface area contributed by atoms with E-state index in [-0.39, 0.29) is 58.4 Å². The lowest BCUT2D eigenvalue weighted by atomic mass is 9.76. The SMILES string of the molecule is O=[N+]([O-])c1ccc2c(c1)[C@@H]1C[C@](c3cc(O)c(O)c(O)c3)(O2)Oc2cc(O)c3c(c21)O[C@H](c1ccc(O)c(O)c1)[C@H](O)C3. The molecule has 4 aromatic rings. The highest BCUT2D eigenvalue weighted by atomic mass is 16.7. The molecule has 0 amide bonds. The predicted octanol–water partition coefficient (Wildman–Crippen LogP) is 4.03. The van der Waals surface area contributed by atoms with Gasteiger partial charge in [-0.1, -0.05) is 6.07 Å². The number of hydrogen-bond donors (Lipinski definition) is 7. The van der Waals surface area contributed by atoms with Crippen LogP contribution in [0.2, 0.25) is 0 Å². The smallest absolute Gasteiger partial charge is 0.279 e. The minimum absolute atomic E-state index is 0.0361. The highest BCUT2D eigenvalue weighted by Crippen LogP contribution is 2.61. The molecular formula is C30H23NO12. The van der Waals surface area contributed by atoms with Crippen molar-refractivity contribution in [3.63, 3.8) is 0 Å². The zero-order chi connectivity index (χ0) is 30.4. The zero-order valence-corrected chi connectivity index (χ0v) is 22.0. The topological polar surface area (TPSA) is 212 Å². The summed E-state index contributed by atoms with van der Waals surface area (Å²) >= 11 is 0.